The summed E-state index contributed by atoms with van der Waals surface area (Å²) in [5.41, 5.74) is 2.76. The van der Waals surface area contributed by atoms with Crippen LogP contribution in [0.3, 0.4) is 0 Å². The van der Waals surface area contributed by atoms with E-state index in [4.69, 9.17) is 0 Å². The van der Waals surface area contributed by atoms with Crippen molar-refractivity contribution in [1.29, 1.82) is 0 Å². The van der Waals surface area contributed by atoms with E-state index >= 15 is 0 Å². The number of nitro benzene ring substituents is 1. The second kappa shape index (κ2) is 7.05. The lowest BCUT2D eigenvalue weighted by Gasteiger charge is -2.15. The van der Waals surface area contributed by atoms with Gasteiger partial charge >= 0.3 is 0 Å². The van der Waals surface area contributed by atoms with Crippen LogP contribution >= 0.6 is 0 Å². The minimum atomic E-state index is -0.449. The molecule has 5 nitrogen and oxygen atoms in total. The smallest absolute Gasteiger partial charge is 0.272 e. The van der Waals surface area contributed by atoms with Gasteiger partial charge in [0.2, 0.25) is 0 Å². The average Bonchev–Trinajstić information content (AvgIpc) is 2.54. The van der Waals surface area contributed by atoms with Gasteiger partial charge in [0.1, 0.15) is 0 Å². The Hall–Kier alpha value is -2.69. The first kappa shape index (κ1) is 16.7. The number of aryl methyl sites for hydroxylation is 1. The second-order valence-electron chi connectivity index (χ2n) is 5.61. The van der Waals surface area contributed by atoms with Crippen LogP contribution in [-0.2, 0) is 0 Å². The molecule has 0 saturated carbocycles. The van der Waals surface area contributed by atoms with Gasteiger partial charge < -0.3 is 5.32 Å². The van der Waals surface area contributed by atoms with Crippen LogP contribution < -0.4 is 5.32 Å². The summed E-state index contributed by atoms with van der Waals surface area (Å²) in [6.45, 7) is 5.84. The molecule has 1 N–H and O–H groups in total. The minimum Gasteiger partial charge on any atom is -0.322 e. The van der Waals surface area contributed by atoms with E-state index in [1.807, 2.05) is 24.3 Å². The fraction of sp³-hybridized carbons (Fsp3) is 0.278. The molecule has 0 heterocycles. The number of anilines is 1. The van der Waals surface area contributed by atoms with Gasteiger partial charge in [0.15, 0.2) is 0 Å². The van der Waals surface area contributed by atoms with Crippen LogP contribution in [0.25, 0.3) is 0 Å². The van der Waals surface area contributed by atoms with Crippen LogP contribution in [0.5, 0.6) is 0 Å². The van der Waals surface area contributed by atoms with E-state index in [1.54, 1.807) is 13.0 Å². The molecule has 0 saturated heterocycles. The molecule has 1 atom stereocenters. The summed E-state index contributed by atoms with van der Waals surface area (Å²) in [6.07, 6.45) is 0.976. The summed E-state index contributed by atoms with van der Waals surface area (Å²) < 4.78 is 0. The Morgan fingerprint density at radius 3 is 2.57 bits per heavy atom. The van der Waals surface area contributed by atoms with Crippen molar-refractivity contribution in [2.24, 2.45) is 0 Å². The van der Waals surface area contributed by atoms with Crippen LogP contribution in [0.2, 0.25) is 0 Å². The normalized spacial score (nSPS) is 11.8. The highest BCUT2D eigenvalue weighted by atomic mass is 16.6. The molecule has 1 unspecified atom stereocenters. The molecular formula is C18H20N2O3. The summed E-state index contributed by atoms with van der Waals surface area (Å²) in [7, 11) is 0. The number of para-hydroxylation sites is 1. The maximum atomic E-state index is 12.4. The topological polar surface area (TPSA) is 72.2 Å². The van der Waals surface area contributed by atoms with Crippen LogP contribution in [0, 0.1) is 17.0 Å². The van der Waals surface area contributed by atoms with Gasteiger partial charge in [-0.1, -0.05) is 32.0 Å². The summed E-state index contributed by atoms with van der Waals surface area (Å²) >= 11 is 0. The molecular weight excluding hydrogens is 292 g/mol. The quantitative estimate of drug-likeness (QED) is 0.644. The number of carbonyl (C=O) groups excluding carboxylic acids is 1. The van der Waals surface area contributed by atoms with E-state index in [1.165, 1.54) is 12.1 Å². The van der Waals surface area contributed by atoms with Gasteiger partial charge in [-0.2, -0.15) is 0 Å². The number of amides is 1. The molecule has 1 amide bonds. The predicted molar refractivity (Wildman–Crippen MR) is 90.9 cm³/mol. The third-order valence-corrected chi connectivity index (χ3v) is 4.01. The molecule has 5 heteroatoms. The van der Waals surface area contributed by atoms with Crippen molar-refractivity contribution in [3.05, 3.63) is 69.3 Å². The Labute approximate surface area is 135 Å². The number of rotatable bonds is 5. The molecule has 0 aliphatic rings. The molecule has 0 aliphatic heterocycles. The molecule has 2 aromatic rings. The lowest BCUT2D eigenvalue weighted by atomic mass is 9.96. The van der Waals surface area contributed by atoms with Gasteiger partial charge in [-0.25, -0.2) is 0 Å². The lowest BCUT2D eigenvalue weighted by Crippen LogP contribution is -2.14. The van der Waals surface area contributed by atoms with Crippen LogP contribution in [0.4, 0.5) is 11.4 Å². The molecule has 0 radical (unpaired) electrons. The monoisotopic (exact) mass is 312 g/mol. The van der Waals surface area contributed by atoms with Crippen LogP contribution in [-0.4, -0.2) is 10.8 Å². The van der Waals surface area contributed by atoms with Crippen LogP contribution in [0.1, 0.15) is 47.7 Å². The van der Waals surface area contributed by atoms with E-state index in [-0.39, 0.29) is 11.6 Å². The molecule has 0 bridgehead atoms. The Kier molecular flexibility index (Phi) is 5.11. The number of hydrogen-bond donors (Lipinski definition) is 1. The highest BCUT2D eigenvalue weighted by molar-refractivity contribution is 6.05. The van der Waals surface area contributed by atoms with E-state index in [2.05, 4.69) is 19.2 Å². The Balaban J connectivity index is 2.26. The molecule has 0 fully saturated rings. The van der Waals surface area contributed by atoms with Crippen LogP contribution in [0.15, 0.2) is 42.5 Å². The SMILES string of the molecule is CCC(C)c1ccccc1NC(=O)c1ccc([N+](=O)[O-])c(C)c1. The second-order valence-corrected chi connectivity index (χ2v) is 5.61. The van der Waals surface area contributed by atoms with Gasteiger partial charge in [-0.3, -0.25) is 14.9 Å². The summed E-state index contributed by atoms with van der Waals surface area (Å²) in [4.78, 5) is 22.8. The Morgan fingerprint density at radius 1 is 1.26 bits per heavy atom. The molecule has 2 rings (SSSR count). The van der Waals surface area contributed by atoms with Crippen molar-refractivity contribution in [3.8, 4) is 0 Å². The number of carbonyl (C=O) groups is 1. The van der Waals surface area contributed by atoms with E-state index in [0.717, 1.165) is 17.7 Å². The zero-order chi connectivity index (χ0) is 17.0. The highest BCUT2D eigenvalue weighted by Crippen LogP contribution is 2.27. The van der Waals surface area contributed by atoms with Crippen molar-refractivity contribution in [1.82, 2.24) is 0 Å². The van der Waals surface area contributed by atoms with Crippen molar-refractivity contribution < 1.29 is 9.72 Å². The molecule has 0 aromatic heterocycles. The number of nitrogens with one attached hydrogen (secondary N) is 1. The first-order valence-corrected chi connectivity index (χ1v) is 7.59. The number of nitro groups is 1. The molecule has 23 heavy (non-hydrogen) atoms. The van der Waals surface area contributed by atoms with Crippen molar-refractivity contribution in [2.75, 3.05) is 5.32 Å². The van der Waals surface area contributed by atoms with Gasteiger partial charge in [0.25, 0.3) is 11.6 Å². The van der Waals surface area contributed by atoms with Gasteiger partial charge in [-0.05, 0) is 43.0 Å². The summed E-state index contributed by atoms with van der Waals surface area (Å²) in [5, 5.41) is 13.8. The third-order valence-electron chi connectivity index (χ3n) is 4.01. The first-order valence-electron chi connectivity index (χ1n) is 7.59. The van der Waals surface area contributed by atoms with Crippen molar-refractivity contribution in [3.63, 3.8) is 0 Å². The van der Waals surface area contributed by atoms with Crippen molar-refractivity contribution in [2.45, 2.75) is 33.1 Å². The fourth-order valence-corrected chi connectivity index (χ4v) is 2.46. The summed E-state index contributed by atoms with van der Waals surface area (Å²) in [6, 6.07) is 12.1. The number of benzene rings is 2. The largest absolute Gasteiger partial charge is 0.322 e. The number of hydrogen-bond acceptors (Lipinski definition) is 3. The maximum absolute atomic E-state index is 12.4. The first-order chi connectivity index (χ1) is 10.9. The molecule has 2 aromatic carbocycles. The molecule has 0 aliphatic carbocycles. The fourth-order valence-electron chi connectivity index (χ4n) is 2.46. The molecule has 120 valence electrons. The zero-order valence-electron chi connectivity index (χ0n) is 13.5. The Morgan fingerprint density at radius 2 is 1.96 bits per heavy atom. The van der Waals surface area contributed by atoms with E-state index in [0.29, 0.717) is 17.0 Å². The summed E-state index contributed by atoms with van der Waals surface area (Å²) in [5.74, 6) is 0.0730. The third kappa shape index (κ3) is 3.74. The Bertz CT molecular complexity index is 741. The van der Waals surface area contributed by atoms with Gasteiger partial charge in [0.05, 0.1) is 4.92 Å². The maximum Gasteiger partial charge on any atom is 0.272 e. The predicted octanol–water partition coefficient (Wildman–Crippen LogP) is 4.67. The standard InChI is InChI=1S/C18H20N2O3/c1-4-12(2)15-7-5-6-8-16(15)19-18(21)14-9-10-17(20(22)23)13(3)11-14/h5-12H,4H2,1-3H3,(H,19,21). The average molecular weight is 312 g/mol. The number of nitrogens with zero attached hydrogens (tertiary/aromatic N) is 1. The lowest BCUT2D eigenvalue weighted by molar-refractivity contribution is -0.385. The molecule has 0 spiro atoms. The highest BCUT2D eigenvalue weighted by Gasteiger charge is 2.15. The zero-order valence-corrected chi connectivity index (χ0v) is 13.5. The van der Waals surface area contributed by atoms with Gasteiger partial charge in [0, 0.05) is 22.9 Å². The van der Waals surface area contributed by atoms with E-state index < -0.39 is 4.92 Å². The van der Waals surface area contributed by atoms with Gasteiger partial charge in [-0.15, -0.1) is 0 Å². The van der Waals surface area contributed by atoms with E-state index in [9.17, 15) is 14.9 Å². The minimum absolute atomic E-state index is 0.0153. The van der Waals surface area contributed by atoms with Crippen molar-refractivity contribution >= 4 is 17.3 Å².